The van der Waals surface area contributed by atoms with E-state index < -0.39 is 0 Å². The van der Waals surface area contributed by atoms with Gasteiger partial charge in [-0.05, 0) is 50.3 Å². The van der Waals surface area contributed by atoms with E-state index in [1.54, 1.807) is 0 Å². The van der Waals surface area contributed by atoms with Gasteiger partial charge in [-0.2, -0.15) is 0 Å². The molecule has 1 aliphatic rings. The molecule has 0 aliphatic carbocycles. The van der Waals surface area contributed by atoms with Crippen molar-refractivity contribution in [2.24, 2.45) is 11.7 Å². The van der Waals surface area contributed by atoms with Crippen molar-refractivity contribution in [3.05, 3.63) is 35.9 Å². The number of rotatable bonds is 5. The lowest BCUT2D eigenvalue weighted by Crippen LogP contribution is -2.33. The normalized spacial score (nSPS) is 25.2. The van der Waals surface area contributed by atoms with Crippen molar-refractivity contribution < 1.29 is 5.11 Å². The van der Waals surface area contributed by atoms with E-state index >= 15 is 0 Å². The van der Waals surface area contributed by atoms with Gasteiger partial charge in [0.05, 0.1) is 6.10 Å². The molecule has 0 radical (unpaired) electrons. The van der Waals surface area contributed by atoms with Crippen molar-refractivity contribution in [1.82, 2.24) is 4.90 Å². The summed E-state index contributed by atoms with van der Waals surface area (Å²) in [4.78, 5) is 2.38. The third-order valence-electron chi connectivity index (χ3n) is 4.07. The summed E-state index contributed by atoms with van der Waals surface area (Å²) in [6.45, 7) is 3.56. The van der Waals surface area contributed by atoms with Gasteiger partial charge in [-0.3, -0.25) is 4.90 Å². The number of nitrogens with zero attached hydrogens (tertiary/aromatic N) is 1. The van der Waals surface area contributed by atoms with Gasteiger partial charge in [-0.25, -0.2) is 0 Å². The average Bonchev–Trinajstić information content (AvgIpc) is 2.59. The maximum absolute atomic E-state index is 10.3. The Morgan fingerprint density at radius 2 is 2.05 bits per heavy atom. The van der Waals surface area contributed by atoms with Crippen molar-refractivity contribution in [2.75, 3.05) is 19.6 Å². The van der Waals surface area contributed by atoms with E-state index in [1.165, 1.54) is 12.0 Å². The molecule has 0 amide bonds. The lowest BCUT2D eigenvalue weighted by molar-refractivity contribution is 0.0727. The highest BCUT2D eigenvalue weighted by Crippen LogP contribution is 2.23. The van der Waals surface area contributed by atoms with Gasteiger partial charge in [0.25, 0.3) is 0 Å². The zero-order chi connectivity index (χ0) is 13.5. The zero-order valence-electron chi connectivity index (χ0n) is 11.7. The van der Waals surface area contributed by atoms with Crippen LogP contribution in [0.1, 0.15) is 31.2 Å². The van der Waals surface area contributed by atoms with Gasteiger partial charge < -0.3 is 10.8 Å². The van der Waals surface area contributed by atoms with Crippen LogP contribution in [0.4, 0.5) is 0 Å². The number of benzene rings is 1. The first-order chi connectivity index (χ1) is 9.29. The third-order valence-corrected chi connectivity index (χ3v) is 4.07. The fraction of sp³-hybridized carbons (Fsp3) is 0.625. The molecule has 1 saturated heterocycles. The molecule has 19 heavy (non-hydrogen) atoms. The Labute approximate surface area is 116 Å². The second-order valence-corrected chi connectivity index (χ2v) is 5.62. The molecule has 0 spiro atoms. The first-order valence-electron chi connectivity index (χ1n) is 7.44. The van der Waals surface area contributed by atoms with Gasteiger partial charge in [-0.15, -0.1) is 0 Å². The lowest BCUT2D eigenvalue weighted by Gasteiger charge is -2.24. The highest BCUT2D eigenvalue weighted by molar-refractivity contribution is 5.14. The Balaban J connectivity index is 1.87. The number of hydrogen-bond donors (Lipinski definition) is 2. The summed E-state index contributed by atoms with van der Waals surface area (Å²) < 4.78 is 0. The van der Waals surface area contributed by atoms with Gasteiger partial charge in [0.1, 0.15) is 0 Å². The van der Waals surface area contributed by atoms with E-state index in [2.05, 4.69) is 29.2 Å². The predicted octanol–water partition coefficient (Wildman–Crippen LogP) is 2.00. The van der Waals surface area contributed by atoms with Gasteiger partial charge in [-0.1, -0.05) is 30.3 Å². The minimum atomic E-state index is -0.197. The summed E-state index contributed by atoms with van der Waals surface area (Å²) in [5, 5.41) is 10.3. The highest BCUT2D eigenvalue weighted by Gasteiger charge is 2.24. The smallest absolute Gasteiger partial charge is 0.0695 e. The highest BCUT2D eigenvalue weighted by atomic mass is 16.3. The molecule has 2 rings (SSSR count). The second kappa shape index (κ2) is 7.63. The molecule has 2 atom stereocenters. The van der Waals surface area contributed by atoms with Crippen LogP contribution in [0.15, 0.2) is 30.3 Å². The minimum absolute atomic E-state index is 0.197. The zero-order valence-corrected chi connectivity index (χ0v) is 11.7. The van der Waals surface area contributed by atoms with E-state index in [4.69, 9.17) is 5.73 Å². The van der Waals surface area contributed by atoms with Crippen molar-refractivity contribution in [3.8, 4) is 0 Å². The maximum Gasteiger partial charge on any atom is 0.0695 e. The monoisotopic (exact) mass is 262 g/mol. The average molecular weight is 262 g/mol. The summed E-state index contributed by atoms with van der Waals surface area (Å²) in [6.07, 6.45) is 4.21. The first-order valence-corrected chi connectivity index (χ1v) is 7.44. The van der Waals surface area contributed by atoms with Crippen molar-refractivity contribution >= 4 is 0 Å². The summed E-state index contributed by atoms with van der Waals surface area (Å²) in [7, 11) is 0. The number of aliphatic hydroxyl groups excluding tert-OH is 1. The lowest BCUT2D eigenvalue weighted by atomic mass is 9.93. The quantitative estimate of drug-likeness (QED) is 0.853. The molecule has 106 valence electrons. The van der Waals surface area contributed by atoms with Gasteiger partial charge >= 0.3 is 0 Å². The molecule has 3 heteroatoms. The predicted molar refractivity (Wildman–Crippen MR) is 78.7 cm³/mol. The van der Waals surface area contributed by atoms with Gasteiger partial charge in [0.15, 0.2) is 0 Å². The summed E-state index contributed by atoms with van der Waals surface area (Å²) in [5.41, 5.74) is 6.90. The van der Waals surface area contributed by atoms with E-state index in [0.717, 1.165) is 45.4 Å². The standard InChI is InChI=1S/C16H26N2O/c17-10-4-8-15-9-5-11-18(13-16(15)19)12-14-6-2-1-3-7-14/h1-3,6-7,15-16,19H,4-5,8-13,17H2. The SMILES string of the molecule is NCCCC1CCCN(Cc2ccccc2)CC1O. The Hall–Kier alpha value is -0.900. The number of aliphatic hydroxyl groups is 1. The molecular weight excluding hydrogens is 236 g/mol. The number of hydrogen-bond acceptors (Lipinski definition) is 3. The number of nitrogens with two attached hydrogens (primary N) is 1. The van der Waals surface area contributed by atoms with Crippen LogP contribution >= 0.6 is 0 Å². The molecule has 0 saturated carbocycles. The Morgan fingerprint density at radius 1 is 1.26 bits per heavy atom. The number of β-amino-alcohol motifs (C(OH)–C–C–N with tert-alkyl or cyclic N) is 1. The Morgan fingerprint density at radius 3 is 2.79 bits per heavy atom. The molecule has 1 heterocycles. The van der Waals surface area contributed by atoms with Gasteiger partial charge in [0.2, 0.25) is 0 Å². The Bertz CT molecular complexity index is 355. The molecule has 1 aliphatic heterocycles. The fourth-order valence-corrected chi connectivity index (χ4v) is 2.98. The fourth-order valence-electron chi connectivity index (χ4n) is 2.98. The molecular formula is C16H26N2O. The summed E-state index contributed by atoms with van der Waals surface area (Å²) in [5.74, 6) is 0.435. The largest absolute Gasteiger partial charge is 0.392 e. The molecule has 0 bridgehead atoms. The van der Waals surface area contributed by atoms with Crippen LogP contribution in [-0.2, 0) is 6.54 Å². The Kier molecular flexibility index (Phi) is 5.83. The van der Waals surface area contributed by atoms with Crippen LogP contribution in [-0.4, -0.2) is 35.7 Å². The summed E-state index contributed by atoms with van der Waals surface area (Å²) >= 11 is 0. The van der Waals surface area contributed by atoms with Crippen LogP contribution < -0.4 is 5.73 Å². The van der Waals surface area contributed by atoms with Gasteiger partial charge in [0, 0.05) is 13.1 Å². The van der Waals surface area contributed by atoms with Crippen LogP contribution in [0.2, 0.25) is 0 Å². The molecule has 1 aromatic carbocycles. The van der Waals surface area contributed by atoms with Crippen molar-refractivity contribution in [1.29, 1.82) is 0 Å². The van der Waals surface area contributed by atoms with Crippen molar-refractivity contribution in [2.45, 2.75) is 38.3 Å². The minimum Gasteiger partial charge on any atom is -0.392 e. The second-order valence-electron chi connectivity index (χ2n) is 5.62. The molecule has 2 unspecified atom stereocenters. The van der Waals surface area contributed by atoms with Crippen LogP contribution in [0, 0.1) is 5.92 Å². The number of likely N-dealkylation sites (tertiary alicyclic amines) is 1. The van der Waals surface area contributed by atoms with E-state index in [0.29, 0.717) is 5.92 Å². The molecule has 0 aromatic heterocycles. The van der Waals surface area contributed by atoms with Crippen LogP contribution in [0.25, 0.3) is 0 Å². The molecule has 1 aromatic rings. The topological polar surface area (TPSA) is 49.5 Å². The first kappa shape index (κ1) is 14.5. The van der Waals surface area contributed by atoms with Crippen LogP contribution in [0.5, 0.6) is 0 Å². The summed E-state index contributed by atoms with van der Waals surface area (Å²) in [6, 6.07) is 10.5. The molecule has 1 fully saturated rings. The molecule has 3 nitrogen and oxygen atoms in total. The molecule has 3 N–H and O–H groups in total. The van der Waals surface area contributed by atoms with E-state index in [-0.39, 0.29) is 6.10 Å². The van der Waals surface area contributed by atoms with Crippen molar-refractivity contribution in [3.63, 3.8) is 0 Å². The van der Waals surface area contributed by atoms with Crippen LogP contribution in [0.3, 0.4) is 0 Å². The van der Waals surface area contributed by atoms with E-state index in [9.17, 15) is 5.11 Å². The maximum atomic E-state index is 10.3. The van der Waals surface area contributed by atoms with E-state index in [1.807, 2.05) is 6.07 Å². The third kappa shape index (κ3) is 4.60.